The maximum Gasteiger partial charge on any atom is 0.170 e. The van der Waals surface area contributed by atoms with E-state index in [1.807, 2.05) is 20.8 Å². The number of ether oxygens (including phenoxy) is 2. The normalized spacial score (nSPS) is 35.1. The SMILES string of the molecule is CC.C[C@@H]1OC2(CCCCC2)O[C@@H]1S. The standard InChI is InChI=1S/C9H16O2S.C2H6/c1-7-8(12)11-9(10-7)5-3-2-4-6-9;1-2/h7-8,12H,2-6H2,1H3;1-2H3/t7-,8+;/m0./s1. The molecule has 0 radical (unpaired) electrons. The van der Waals surface area contributed by atoms with Gasteiger partial charge in [-0.15, -0.1) is 12.6 Å². The Morgan fingerprint density at radius 1 is 1.07 bits per heavy atom. The van der Waals surface area contributed by atoms with Gasteiger partial charge in [0.15, 0.2) is 5.79 Å². The molecule has 1 saturated heterocycles. The predicted octanol–water partition coefficient (Wildman–Crippen LogP) is 3.36. The summed E-state index contributed by atoms with van der Waals surface area (Å²) in [5, 5.41) is 0. The summed E-state index contributed by atoms with van der Waals surface area (Å²) >= 11 is 4.32. The van der Waals surface area contributed by atoms with Gasteiger partial charge in [-0.2, -0.15) is 0 Å². The second-order valence-electron chi connectivity index (χ2n) is 3.80. The van der Waals surface area contributed by atoms with Crippen LogP contribution in [0.2, 0.25) is 0 Å². The first kappa shape index (κ1) is 12.3. The first-order valence-corrected chi connectivity index (χ1v) is 6.27. The molecular weight excluding hydrogens is 196 g/mol. The van der Waals surface area contributed by atoms with E-state index in [0.717, 1.165) is 12.8 Å². The van der Waals surface area contributed by atoms with E-state index >= 15 is 0 Å². The molecule has 0 aromatic carbocycles. The molecule has 2 nitrogen and oxygen atoms in total. The van der Waals surface area contributed by atoms with Gasteiger partial charge in [0.05, 0.1) is 6.10 Å². The summed E-state index contributed by atoms with van der Waals surface area (Å²) in [6.07, 6.45) is 6.02. The van der Waals surface area contributed by atoms with Gasteiger partial charge in [0.25, 0.3) is 0 Å². The summed E-state index contributed by atoms with van der Waals surface area (Å²) in [4.78, 5) is 0. The smallest absolute Gasteiger partial charge is 0.170 e. The van der Waals surface area contributed by atoms with E-state index in [4.69, 9.17) is 9.47 Å². The third-order valence-corrected chi connectivity index (χ3v) is 3.28. The van der Waals surface area contributed by atoms with Gasteiger partial charge in [0.1, 0.15) is 5.44 Å². The molecule has 0 N–H and O–H groups in total. The van der Waals surface area contributed by atoms with Crippen LogP contribution in [0.4, 0.5) is 0 Å². The van der Waals surface area contributed by atoms with Crippen LogP contribution in [0.3, 0.4) is 0 Å². The number of hydrogen-bond acceptors (Lipinski definition) is 3. The molecule has 0 amide bonds. The van der Waals surface area contributed by atoms with Gasteiger partial charge in [0, 0.05) is 12.8 Å². The summed E-state index contributed by atoms with van der Waals surface area (Å²) < 4.78 is 11.5. The summed E-state index contributed by atoms with van der Waals surface area (Å²) in [6, 6.07) is 0. The van der Waals surface area contributed by atoms with Crippen molar-refractivity contribution in [2.24, 2.45) is 0 Å². The van der Waals surface area contributed by atoms with Crippen molar-refractivity contribution in [3.05, 3.63) is 0 Å². The first-order valence-electron chi connectivity index (χ1n) is 5.76. The van der Waals surface area contributed by atoms with E-state index in [0.29, 0.717) is 0 Å². The summed E-state index contributed by atoms with van der Waals surface area (Å²) in [6.45, 7) is 6.03. The van der Waals surface area contributed by atoms with Gasteiger partial charge < -0.3 is 9.47 Å². The van der Waals surface area contributed by atoms with E-state index in [-0.39, 0.29) is 17.3 Å². The van der Waals surface area contributed by atoms with Gasteiger partial charge in [-0.3, -0.25) is 0 Å². The van der Waals surface area contributed by atoms with Crippen LogP contribution in [0, 0.1) is 0 Å². The summed E-state index contributed by atoms with van der Waals surface area (Å²) in [7, 11) is 0. The zero-order chi connectivity index (χ0) is 10.6. The molecular formula is C11H22O2S. The molecule has 2 rings (SSSR count). The summed E-state index contributed by atoms with van der Waals surface area (Å²) in [5.41, 5.74) is -0.0249. The monoisotopic (exact) mass is 218 g/mol. The Morgan fingerprint density at radius 3 is 2.07 bits per heavy atom. The highest BCUT2D eigenvalue weighted by Gasteiger charge is 2.44. The number of thiol groups is 1. The molecule has 3 heteroatoms. The van der Waals surface area contributed by atoms with Crippen molar-refractivity contribution in [1.82, 2.24) is 0 Å². The molecule has 1 heterocycles. The fourth-order valence-electron chi connectivity index (χ4n) is 2.07. The average Bonchev–Trinajstić information content (AvgIpc) is 2.46. The Kier molecular flexibility index (Phi) is 4.74. The lowest BCUT2D eigenvalue weighted by Crippen LogP contribution is -2.33. The lowest BCUT2D eigenvalue weighted by atomic mass is 9.94. The van der Waals surface area contributed by atoms with Crippen molar-refractivity contribution in [2.45, 2.75) is 70.2 Å². The molecule has 2 aliphatic rings. The van der Waals surface area contributed by atoms with Crippen LogP contribution in [-0.2, 0) is 9.47 Å². The highest BCUT2D eigenvalue weighted by atomic mass is 32.1. The molecule has 1 aliphatic carbocycles. The first-order chi connectivity index (χ1) is 6.72. The van der Waals surface area contributed by atoms with Gasteiger partial charge >= 0.3 is 0 Å². The van der Waals surface area contributed by atoms with Crippen molar-refractivity contribution in [3.8, 4) is 0 Å². The summed E-state index contributed by atoms with van der Waals surface area (Å²) in [5.74, 6) is -0.260. The molecule has 0 aromatic rings. The molecule has 1 aliphatic heterocycles. The van der Waals surface area contributed by atoms with E-state index < -0.39 is 0 Å². The van der Waals surface area contributed by atoms with Gasteiger partial charge in [-0.1, -0.05) is 20.3 Å². The van der Waals surface area contributed by atoms with Crippen molar-refractivity contribution in [3.63, 3.8) is 0 Å². The minimum Gasteiger partial charge on any atom is -0.343 e. The van der Waals surface area contributed by atoms with E-state index in [9.17, 15) is 0 Å². The highest BCUT2D eigenvalue weighted by Crippen LogP contribution is 2.41. The van der Waals surface area contributed by atoms with Crippen LogP contribution in [0.5, 0.6) is 0 Å². The molecule has 0 unspecified atom stereocenters. The van der Waals surface area contributed by atoms with Gasteiger partial charge in [0.2, 0.25) is 0 Å². The molecule has 1 spiro atoms. The van der Waals surface area contributed by atoms with E-state index in [1.54, 1.807) is 0 Å². The van der Waals surface area contributed by atoms with Crippen LogP contribution in [0.1, 0.15) is 52.9 Å². The van der Waals surface area contributed by atoms with E-state index in [2.05, 4.69) is 12.6 Å². The van der Waals surface area contributed by atoms with Crippen molar-refractivity contribution < 1.29 is 9.47 Å². The van der Waals surface area contributed by atoms with Crippen LogP contribution < -0.4 is 0 Å². The Balaban J connectivity index is 0.000000461. The van der Waals surface area contributed by atoms with Crippen LogP contribution in [0.15, 0.2) is 0 Å². The largest absolute Gasteiger partial charge is 0.343 e. The Labute approximate surface area is 92.8 Å². The zero-order valence-corrected chi connectivity index (χ0v) is 10.3. The third kappa shape index (κ3) is 2.65. The van der Waals surface area contributed by atoms with Crippen LogP contribution in [-0.4, -0.2) is 17.3 Å². The molecule has 84 valence electrons. The Hall–Kier alpha value is 0.270. The second-order valence-corrected chi connectivity index (χ2v) is 4.31. The molecule has 0 aromatic heterocycles. The van der Waals surface area contributed by atoms with Crippen molar-refractivity contribution in [2.75, 3.05) is 0 Å². The van der Waals surface area contributed by atoms with Crippen LogP contribution >= 0.6 is 12.6 Å². The lowest BCUT2D eigenvalue weighted by Gasteiger charge is -2.31. The molecule has 14 heavy (non-hydrogen) atoms. The third-order valence-electron chi connectivity index (χ3n) is 2.75. The number of hydrogen-bond donors (Lipinski definition) is 1. The molecule has 2 atom stereocenters. The van der Waals surface area contributed by atoms with E-state index in [1.165, 1.54) is 19.3 Å². The second kappa shape index (κ2) is 5.38. The minimum atomic E-state index is -0.260. The average molecular weight is 218 g/mol. The van der Waals surface area contributed by atoms with Gasteiger partial charge in [-0.25, -0.2) is 0 Å². The topological polar surface area (TPSA) is 18.5 Å². The lowest BCUT2D eigenvalue weighted by molar-refractivity contribution is -0.187. The molecule has 0 bridgehead atoms. The zero-order valence-electron chi connectivity index (χ0n) is 9.45. The van der Waals surface area contributed by atoms with Crippen molar-refractivity contribution >= 4 is 12.6 Å². The Morgan fingerprint density at radius 2 is 1.64 bits per heavy atom. The number of rotatable bonds is 0. The highest BCUT2D eigenvalue weighted by molar-refractivity contribution is 7.80. The van der Waals surface area contributed by atoms with Crippen molar-refractivity contribution in [1.29, 1.82) is 0 Å². The maximum atomic E-state index is 5.80. The quantitative estimate of drug-likeness (QED) is 0.628. The van der Waals surface area contributed by atoms with Gasteiger partial charge in [-0.05, 0) is 19.8 Å². The predicted molar refractivity (Wildman–Crippen MR) is 61.6 cm³/mol. The molecule has 2 fully saturated rings. The Bertz CT molecular complexity index is 155. The molecule has 1 saturated carbocycles. The maximum absolute atomic E-state index is 5.80. The fraction of sp³-hybridized carbons (Fsp3) is 1.00. The minimum absolute atomic E-state index is 0.0249. The van der Waals surface area contributed by atoms with Crippen LogP contribution in [0.25, 0.3) is 0 Å². The fourth-order valence-corrected chi connectivity index (χ4v) is 2.32.